The van der Waals surface area contributed by atoms with E-state index in [9.17, 15) is 8.42 Å². The zero-order valence-corrected chi connectivity index (χ0v) is 8.88. The monoisotopic (exact) mass is 209 g/mol. The van der Waals surface area contributed by atoms with E-state index in [1.807, 2.05) is 29.9 Å². The van der Waals surface area contributed by atoms with Gasteiger partial charge in [0, 0.05) is 24.9 Å². The molecule has 0 fully saturated rings. The third-order valence-corrected chi connectivity index (χ3v) is 3.39. The fourth-order valence-electron chi connectivity index (χ4n) is 1.62. The van der Waals surface area contributed by atoms with Gasteiger partial charge in [-0.05, 0) is 12.1 Å². The smallest absolute Gasteiger partial charge is 0.177 e. The van der Waals surface area contributed by atoms with E-state index in [0.29, 0.717) is 4.90 Å². The number of para-hydroxylation sites is 1. The molecule has 0 aliphatic heterocycles. The second-order valence-corrected chi connectivity index (χ2v) is 5.38. The molecule has 0 N–H and O–H groups in total. The van der Waals surface area contributed by atoms with E-state index in [0.717, 1.165) is 10.9 Å². The summed E-state index contributed by atoms with van der Waals surface area (Å²) in [5, 5.41) is 0.954. The highest BCUT2D eigenvalue weighted by molar-refractivity contribution is 7.91. The lowest BCUT2D eigenvalue weighted by molar-refractivity contribution is 0.602. The van der Waals surface area contributed by atoms with Gasteiger partial charge in [0.1, 0.15) is 0 Å². The van der Waals surface area contributed by atoms with Gasteiger partial charge in [-0.25, -0.2) is 8.42 Å². The summed E-state index contributed by atoms with van der Waals surface area (Å²) in [4.78, 5) is 0.391. The van der Waals surface area contributed by atoms with Crippen molar-refractivity contribution in [2.75, 3.05) is 6.26 Å². The Bertz CT molecular complexity index is 581. The van der Waals surface area contributed by atoms with Gasteiger partial charge in [0.2, 0.25) is 0 Å². The molecule has 4 heteroatoms. The van der Waals surface area contributed by atoms with Crippen LogP contribution in [0.4, 0.5) is 0 Å². The Morgan fingerprint density at radius 1 is 1.21 bits per heavy atom. The van der Waals surface area contributed by atoms with Crippen molar-refractivity contribution in [2.45, 2.75) is 4.90 Å². The third-order valence-electron chi connectivity index (χ3n) is 2.26. The molecule has 1 aromatic heterocycles. The fraction of sp³-hybridized carbons (Fsp3) is 0.200. The minimum absolute atomic E-state index is 0.391. The fourth-order valence-corrected chi connectivity index (χ4v) is 2.56. The summed E-state index contributed by atoms with van der Waals surface area (Å²) in [7, 11) is -1.30. The molecule has 14 heavy (non-hydrogen) atoms. The first-order valence-corrected chi connectivity index (χ1v) is 6.13. The number of nitrogens with zero attached hydrogens (tertiary/aromatic N) is 1. The van der Waals surface area contributed by atoms with Crippen LogP contribution >= 0.6 is 0 Å². The maximum atomic E-state index is 11.5. The molecule has 0 radical (unpaired) electrons. The second-order valence-electron chi connectivity index (χ2n) is 3.39. The number of aryl methyl sites for hydroxylation is 1. The van der Waals surface area contributed by atoms with E-state index in [1.54, 1.807) is 12.1 Å². The van der Waals surface area contributed by atoms with Gasteiger partial charge < -0.3 is 4.57 Å². The van der Waals surface area contributed by atoms with E-state index in [-0.39, 0.29) is 0 Å². The van der Waals surface area contributed by atoms with E-state index >= 15 is 0 Å². The molecule has 1 aromatic carbocycles. The van der Waals surface area contributed by atoms with Crippen LogP contribution in [0.25, 0.3) is 10.9 Å². The zero-order chi connectivity index (χ0) is 10.3. The topological polar surface area (TPSA) is 39.1 Å². The summed E-state index contributed by atoms with van der Waals surface area (Å²) < 4.78 is 24.8. The molecular formula is C10H11NO2S. The summed E-state index contributed by atoms with van der Waals surface area (Å²) in [5.41, 5.74) is 0.773. The van der Waals surface area contributed by atoms with Gasteiger partial charge >= 0.3 is 0 Å². The normalized spacial score (nSPS) is 12.1. The highest BCUT2D eigenvalue weighted by atomic mass is 32.2. The number of fused-ring (bicyclic) bond motifs is 1. The summed E-state index contributed by atoms with van der Waals surface area (Å²) in [6.45, 7) is 0. The molecule has 0 atom stereocenters. The minimum Gasteiger partial charge on any atom is -0.349 e. The molecular weight excluding hydrogens is 198 g/mol. The molecule has 74 valence electrons. The molecule has 0 aliphatic carbocycles. The van der Waals surface area contributed by atoms with Gasteiger partial charge in [-0.2, -0.15) is 0 Å². The Morgan fingerprint density at radius 3 is 2.57 bits per heavy atom. The average molecular weight is 209 g/mol. The van der Waals surface area contributed by atoms with Crippen molar-refractivity contribution >= 4 is 20.7 Å². The maximum Gasteiger partial charge on any atom is 0.177 e. The average Bonchev–Trinajstić information content (AvgIpc) is 2.46. The van der Waals surface area contributed by atoms with Crippen LogP contribution in [-0.4, -0.2) is 19.2 Å². The van der Waals surface area contributed by atoms with Gasteiger partial charge in [0.15, 0.2) is 9.84 Å². The number of hydrogen-bond acceptors (Lipinski definition) is 2. The molecule has 2 rings (SSSR count). The second kappa shape index (κ2) is 2.85. The Kier molecular flexibility index (Phi) is 1.89. The van der Waals surface area contributed by atoms with E-state index in [4.69, 9.17) is 0 Å². The van der Waals surface area contributed by atoms with Crippen LogP contribution in [0.3, 0.4) is 0 Å². The van der Waals surface area contributed by atoms with Crippen LogP contribution < -0.4 is 0 Å². The Hall–Kier alpha value is -1.29. The number of hydrogen-bond donors (Lipinski definition) is 0. The highest BCUT2D eigenvalue weighted by Gasteiger charge is 2.13. The van der Waals surface area contributed by atoms with Gasteiger partial charge in [-0.3, -0.25) is 0 Å². The van der Waals surface area contributed by atoms with E-state index in [1.165, 1.54) is 6.26 Å². The van der Waals surface area contributed by atoms with Crippen LogP contribution in [0.5, 0.6) is 0 Å². The summed E-state index contributed by atoms with van der Waals surface area (Å²) >= 11 is 0. The van der Waals surface area contributed by atoms with Crippen LogP contribution in [0, 0.1) is 0 Å². The number of rotatable bonds is 1. The lowest BCUT2D eigenvalue weighted by Crippen LogP contribution is -2.00. The maximum absolute atomic E-state index is 11.5. The standard InChI is InChI=1S/C10H11NO2S/c1-11-7-6-8-4-3-5-9(10(8)11)14(2,12)13/h3-7H,1-2H3. The summed E-state index contributed by atoms with van der Waals surface area (Å²) in [6, 6.07) is 7.21. The summed E-state index contributed by atoms with van der Waals surface area (Å²) in [6.07, 6.45) is 3.09. The quantitative estimate of drug-likeness (QED) is 0.715. The van der Waals surface area contributed by atoms with E-state index in [2.05, 4.69) is 0 Å². The van der Waals surface area contributed by atoms with Gasteiger partial charge in [0.05, 0.1) is 10.4 Å². The van der Waals surface area contributed by atoms with Crippen LogP contribution in [0.15, 0.2) is 35.4 Å². The van der Waals surface area contributed by atoms with Crippen molar-refractivity contribution in [1.82, 2.24) is 4.57 Å². The van der Waals surface area contributed by atoms with Gasteiger partial charge in [-0.1, -0.05) is 12.1 Å². The molecule has 3 nitrogen and oxygen atoms in total. The van der Waals surface area contributed by atoms with E-state index < -0.39 is 9.84 Å². The van der Waals surface area contributed by atoms with Crippen molar-refractivity contribution in [3.63, 3.8) is 0 Å². The molecule has 0 unspecified atom stereocenters. The zero-order valence-electron chi connectivity index (χ0n) is 8.06. The first-order valence-electron chi connectivity index (χ1n) is 4.24. The molecule has 0 spiro atoms. The predicted octanol–water partition coefficient (Wildman–Crippen LogP) is 1.58. The van der Waals surface area contributed by atoms with Crippen molar-refractivity contribution in [2.24, 2.45) is 7.05 Å². The largest absolute Gasteiger partial charge is 0.349 e. The Labute approximate surface area is 82.9 Å². The van der Waals surface area contributed by atoms with Crippen molar-refractivity contribution in [3.05, 3.63) is 30.5 Å². The first kappa shape index (κ1) is 9.27. The Balaban J connectivity index is 2.96. The minimum atomic E-state index is -3.14. The Morgan fingerprint density at radius 2 is 1.93 bits per heavy atom. The molecule has 0 bridgehead atoms. The highest BCUT2D eigenvalue weighted by Crippen LogP contribution is 2.22. The summed E-state index contributed by atoms with van der Waals surface area (Å²) in [5.74, 6) is 0. The molecule has 0 amide bonds. The van der Waals surface area contributed by atoms with Crippen molar-refractivity contribution in [1.29, 1.82) is 0 Å². The lowest BCUT2D eigenvalue weighted by Gasteiger charge is -2.03. The molecule has 0 saturated carbocycles. The first-order chi connectivity index (χ1) is 6.50. The number of sulfone groups is 1. The number of aromatic nitrogens is 1. The molecule has 2 aromatic rings. The third kappa shape index (κ3) is 1.32. The van der Waals surface area contributed by atoms with Gasteiger partial charge in [-0.15, -0.1) is 0 Å². The van der Waals surface area contributed by atoms with Crippen LogP contribution in [0.2, 0.25) is 0 Å². The van der Waals surface area contributed by atoms with Crippen LogP contribution in [0.1, 0.15) is 0 Å². The van der Waals surface area contributed by atoms with Gasteiger partial charge in [0.25, 0.3) is 0 Å². The number of benzene rings is 1. The SMILES string of the molecule is Cn1ccc2cccc(S(C)(=O)=O)c21. The van der Waals surface area contributed by atoms with Crippen molar-refractivity contribution in [3.8, 4) is 0 Å². The lowest BCUT2D eigenvalue weighted by atomic mass is 10.2. The van der Waals surface area contributed by atoms with Crippen molar-refractivity contribution < 1.29 is 8.42 Å². The predicted molar refractivity (Wildman–Crippen MR) is 56.0 cm³/mol. The molecule has 0 saturated heterocycles. The molecule has 1 heterocycles. The molecule has 0 aliphatic rings. The van der Waals surface area contributed by atoms with Crippen LogP contribution in [-0.2, 0) is 16.9 Å².